The van der Waals surface area contributed by atoms with Gasteiger partial charge in [0.15, 0.2) is 5.78 Å². The summed E-state index contributed by atoms with van der Waals surface area (Å²) >= 11 is 0. The molecular weight excluding hydrogens is 653 g/mol. The minimum atomic E-state index is -4.65. The lowest BCUT2D eigenvalue weighted by Gasteiger charge is -2.40. The number of nitrogens with one attached hydrogen (secondary N) is 1. The minimum absolute atomic E-state index is 0.0148. The summed E-state index contributed by atoms with van der Waals surface area (Å²) in [6, 6.07) is 10.8. The molecule has 13 heteroatoms. The second kappa shape index (κ2) is 12.6. The smallest absolute Gasteiger partial charge is 0.416 e. The number of carbonyl (C=O) groups is 3. The number of amides is 2. The number of fused-ring (bicyclic) bond motifs is 4. The van der Waals surface area contributed by atoms with E-state index in [-0.39, 0.29) is 59.8 Å². The summed E-state index contributed by atoms with van der Waals surface area (Å²) < 4.78 is 60.7. The quantitative estimate of drug-likeness (QED) is 0.265. The number of piperazine rings is 1. The third kappa shape index (κ3) is 6.87. The summed E-state index contributed by atoms with van der Waals surface area (Å²) in [5.41, 5.74) is 0.332. The van der Waals surface area contributed by atoms with Crippen molar-refractivity contribution in [2.24, 2.45) is 5.92 Å². The predicted molar refractivity (Wildman–Crippen MR) is 176 cm³/mol. The van der Waals surface area contributed by atoms with Crippen molar-refractivity contribution in [3.63, 3.8) is 0 Å². The first-order valence-corrected chi connectivity index (χ1v) is 16.9. The van der Waals surface area contributed by atoms with Gasteiger partial charge in [-0.15, -0.1) is 0 Å². The van der Waals surface area contributed by atoms with Crippen LogP contribution in [-0.4, -0.2) is 69.9 Å². The molecule has 0 radical (unpaired) electrons. The molecule has 264 valence electrons. The van der Waals surface area contributed by atoms with Crippen LogP contribution in [0.15, 0.2) is 48.7 Å². The van der Waals surface area contributed by atoms with Crippen LogP contribution in [0.4, 0.5) is 23.8 Å². The van der Waals surface area contributed by atoms with Crippen molar-refractivity contribution in [1.82, 2.24) is 14.8 Å². The van der Waals surface area contributed by atoms with Gasteiger partial charge in [-0.05, 0) is 70.0 Å². The molecule has 0 bridgehead atoms. The first-order valence-electron chi connectivity index (χ1n) is 16.9. The Balaban J connectivity index is 1.00. The fraction of sp³-hybridized carbons (Fsp3) is 0.459. The minimum Gasteiger partial charge on any atom is -0.489 e. The van der Waals surface area contributed by atoms with Gasteiger partial charge in [0.1, 0.15) is 34.8 Å². The number of carbonyl (C=O) groups excluding carboxylic acids is 3. The number of aromatic nitrogens is 1. The normalized spacial score (nSPS) is 22.9. The van der Waals surface area contributed by atoms with Gasteiger partial charge in [0.2, 0.25) is 5.91 Å². The lowest BCUT2D eigenvalue weighted by atomic mass is 9.97. The van der Waals surface area contributed by atoms with Crippen molar-refractivity contribution in [3.05, 3.63) is 76.5 Å². The van der Waals surface area contributed by atoms with Crippen LogP contribution >= 0.6 is 0 Å². The molecule has 2 fully saturated rings. The van der Waals surface area contributed by atoms with E-state index in [0.717, 1.165) is 17.2 Å². The molecule has 10 nitrogen and oxygen atoms in total. The highest BCUT2D eigenvalue weighted by Gasteiger charge is 2.59. The van der Waals surface area contributed by atoms with Crippen molar-refractivity contribution in [1.29, 1.82) is 0 Å². The van der Waals surface area contributed by atoms with Gasteiger partial charge in [-0.2, -0.15) is 13.2 Å². The molecule has 1 N–H and O–H groups in total. The largest absolute Gasteiger partial charge is 0.489 e. The number of hydrogen-bond acceptors (Lipinski definition) is 8. The van der Waals surface area contributed by atoms with Crippen molar-refractivity contribution >= 4 is 23.6 Å². The van der Waals surface area contributed by atoms with Gasteiger partial charge in [0, 0.05) is 79.8 Å². The van der Waals surface area contributed by atoms with E-state index >= 15 is 0 Å². The number of pyridine rings is 1. The van der Waals surface area contributed by atoms with Gasteiger partial charge >= 0.3 is 12.3 Å². The van der Waals surface area contributed by atoms with Gasteiger partial charge in [-0.1, -0.05) is 12.1 Å². The topological polar surface area (TPSA) is 110 Å². The number of alkyl halides is 3. The Morgan fingerprint density at radius 1 is 1.06 bits per heavy atom. The van der Waals surface area contributed by atoms with Crippen molar-refractivity contribution in [3.8, 4) is 17.2 Å². The number of ether oxygens (including phenoxy) is 3. The summed E-state index contributed by atoms with van der Waals surface area (Å²) in [7, 11) is 0. The SMILES string of the molecule is C[C@H]1CN(Cc2ccc(C(=O)C[C@@H]3[C@H]4Oc5ccc(Oc6ccnc7c6CCC(=O)N7)cc5[C@@H]34)cc2C(F)(F)F)CCN1C(=O)OC(C)(C)C. The molecule has 1 aliphatic carbocycles. The Morgan fingerprint density at radius 3 is 2.60 bits per heavy atom. The Bertz CT molecular complexity index is 1860. The molecule has 2 amide bonds. The molecule has 7 rings (SSSR count). The van der Waals surface area contributed by atoms with E-state index in [1.807, 2.05) is 24.0 Å². The van der Waals surface area contributed by atoms with E-state index in [2.05, 4.69) is 10.3 Å². The summed E-state index contributed by atoms with van der Waals surface area (Å²) in [5, 5.41) is 2.76. The maximum atomic E-state index is 14.3. The molecule has 3 aromatic rings. The molecule has 1 saturated carbocycles. The number of ketones is 1. The van der Waals surface area contributed by atoms with E-state index in [1.165, 1.54) is 12.1 Å². The highest BCUT2D eigenvalue weighted by Crippen LogP contribution is 2.60. The Morgan fingerprint density at radius 2 is 1.86 bits per heavy atom. The molecule has 1 aromatic heterocycles. The number of benzene rings is 2. The van der Waals surface area contributed by atoms with Crippen LogP contribution in [0.1, 0.15) is 79.1 Å². The summed E-state index contributed by atoms with van der Waals surface area (Å²) in [6.45, 7) is 8.36. The van der Waals surface area contributed by atoms with Crippen LogP contribution in [0.2, 0.25) is 0 Å². The van der Waals surface area contributed by atoms with Crippen LogP contribution in [-0.2, 0) is 28.7 Å². The van der Waals surface area contributed by atoms with Crippen molar-refractivity contribution in [2.75, 3.05) is 25.0 Å². The summed E-state index contributed by atoms with van der Waals surface area (Å²) in [4.78, 5) is 45.5. The molecule has 4 atom stereocenters. The van der Waals surface area contributed by atoms with E-state index in [0.29, 0.717) is 55.5 Å². The Labute approximate surface area is 287 Å². The first kappa shape index (κ1) is 33.8. The first-order chi connectivity index (χ1) is 23.6. The van der Waals surface area contributed by atoms with Gasteiger partial charge in [0.25, 0.3) is 0 Å². The van der Waals surface area contributed by atoms with Crippen LogP contribution in [0.5, 0.6) is 17.2 Å². The maximum absolute atomic E-state index is 14.3. The molecule has 1 saturated heterocycles. The van der Waals surface area contributed by atoms with Gasteiger partial charge in [-0.3, -0.25) is 14.5 Å². The molecule has 4 heterocycles. The fourth-order valence-electron chi connectivity index (χ4n) is 7.23. The number of hydrogen-bond donors (Lipinski definition) is 1. The number of nitrogens with zero attached hydrogens (tertiary/aromatic N) is 3. The van der Waals surface area contributed by atoms with Crippen molar-refractivity contribution < 1.29 is 41.8 Å². The van der Waals surface area contributed by atoms with Crippen LogP contribution in [0.25, 0.3) is 0 Å². The van der Waals surface area contributed by atoms with Gasteiger partial charge in [0.05, 0.1) is 5.56 Å². The third-order valence-electron chi connectivity index (χ3n) is 9.69. The van der Waals surface area contributed by atoms with Crippen LogP contribution in [0, 0.1) is 5.92 Å². The zero-order valence-corrected chi connectivity index (χ0v) is 28.3. The zero-order chi connectivity index (χ0) is 35.5. The number of halogens is 3. The van der Waals surface area contributed by atoms with Crippen molar-refractivity contribution in [2.45, 2.75) is 83.3 Å². The maximum Gasteiger partial charge on any atom is 0.416 e. The van der Waals surface area contributed by atoms with E-state index in [9.17, 15) is 27.6 Å². The molecule has 0 unspecified atom stereocenters. The van der Waals surface area contributed by atoms with Gasteiger partial charge in [-0.25, -0.2) is 9.78 Å². The summed E-state index contributed by atoms with van der Waals surface area (Å²) in [6.07, 6.45) is -2.84. The average molecular weight is 693 g/mol. The molecule has 2 aromatic carbocycles. The fourth-order valence-corrected chi connectivity index (χ4v) is 7.23. The van der Waals surface area contributed by atoms with Crippen LogP contribution < -0.4 is 14.8 Å². The highest BCUT2D eigenvalue weighted by molar-refractivity contribution is 5.97. The molecule has 3 aliphatic heterocycles. The number of Topliss-reactive ketones (excluding diaryl/α,β-unsaturated/α-hetero) is 1. The standard InChI is InChI=1S/C37H39F3N4O6/c1-20-18-43(13-14-44(20)35(47)50-36(2,3)4)19-22-6-5-21(15-27(22)37(38,39)40)28(45)17-26-32-25-16-23(7-9-29(25)49-33(26)32)48-30-11-12-41-34-24(30)8-10-31(46)42-34/h5-7,9,11-12,15-16,20,26,32-33H,8,10,13-14,17-19H2,1-4H3,(H,41,42,46)/t20-,26-,32-,33+/m0/s1. The lowest BCUT2D eigenvalue weighted by molar-refractivity contribution is -0.138. The monoisotopic (exact) mass is 692 g/mol. The van der Waals surface area contributed by atoms with E-state index in [4.69, 9.17) is 14.2 Å². The molecular formula is C37H39F3N4O6. The van der Waals surface area contributed by atoms with Crippen LogP contribution in [0.3, 0.4) is 0 Å². The zero-order valence-electron chi connectivity index (χ0n) is 28.3. The molecule has 50 heavy (non-hydrogen) atoms. The van der Waals surface area contributed by atoms with E-state index < -0.39 is 23.4 Å². The van der Waals surface area contributed by atoms with Gasteiger partial charge < -0.3 is 24.4 Å². The lowest BCUT2D eigenvalue weighted by Crippen LogP contribution is -2.54. The predicted octanol–water partition coefficient (Wildman–Crippen LogP) is 6.97. The third-order valence-corrected chi connectivity index (χ3v) is 9.69. The van der Waals surface area contributed by atoms with E-state index in [1.54, 1.807) is 44.0 Å². The highest BCUT2D eigenvalue weighted by atomic mass is 19.4. The number of anilines is 1. The Hall–Kier alpha value is -4.65. The average Bonchev–Trinajstić information content (AvgIpc) is 3.55. The summed E-state index contributed by atoms with van der Waals surface area (Å²) in [5.74, 6) is 1.66. The number of rotatable bonds is 7. The Kier molecular flexibility index (Phi) is 8.52. The second-order valence-corrected chi connectivity index (χ2v) is 14.5. The molecule has 4 aliphatic rings. The molecule has 0 spiro atoms. The second-order valence-electron chi connectivity index (χ2n) is 14.5.